The highest BCUT2D eigenvalue weighted by atomic mass is 35.5. The summed E-state index contributed by atoms with van der Waals surface area (Å²) in [5.74, 6) is 0.993. The number of likely N-dealkylation sites (N-methyl/N-ethyl adjacent to an activating group) is 1. The molecular formula is C21H25Cl2N3O4. The van der Waals surface area contributed by atoms with Crippen molar-refractivity contribution < 1.29 is 19.1 Å². The SMILES string of the molecule is CCN(CC(=O)Nc1c(Cl)cccc1Cl)C(=O)NCCc1ccc(OC)cc1OC. The molecule has 0 unspecified atom stereocenters. The number of nitrogens with one attached hydrogen (secondary N) is 2. The van der Waals surface area contributed by atoms with Gasteiger partial charge in [-0.05, 0) is 37.1 Å². The van der Waals surface area contributed by atoms with Gasteiger partial charge in [0, 0.05) is 19.2 Å². The van der Waals surface area contributed by atoms with Gasteiger partial charge in [0.25, 0.3) is 0 Å². The number of methoxy groups -OCH3 is 2. The fourth-order valence-corrected chi connectivity index (χ4v) is 3.26. The molecule has 0 aromatic heterocycles. The minimum atomic E-state index is -0.390. The van der Waals surface area contributed by atoms with Crippen LogP contribution >= 0.6 is 23.2 Å². The fraction of sp³-hybridized carbons (Fsp3) is 0.333. The normalized spacial score (nSPS) is 10.3. The van der Waals surface area contributed by atoms with Gasteiger partial charge in [-0.3, -0.25) is 4.79 Å². The lowest BCUT2D eigenvalue weighted by Gasteiger charge is -2.21. The molecular weight excluding hydrogens is 429 g/mol. The number of anilines is 1. The third kappa shape index (κ3) is 6.43. The number of benzene rings is 2. The van der Waals surface area contributed by atoms with Gasteiger partial charge in [0.1, 0.15) is 18.0 Å². The number of carbonyl (C=O) groups is 2. The van der Waals surface area contributed by atoms with Crippen molar-refractivity contribution in [2.24, 2.45) is 0 Å². The van der Waals surface area contributed by atoms with Gasteiger partial charge in [-0.2, -0.15) is 0 Å². The molecule has 0 bridgehead atoms. The van der Waals surface area contributed by atoms with Crippen molar-refractivity contribution in [1.82, 2.24) is 10.2 Å². The molecule has 0 heterocycles. The number of urea groups is 1. The monoisotopic (exact) mass is 453 g/mol. The van der Waals surface area contributed by atoms with Crippen molar-refractivity contribution in [3.8, 4) is 11.5 Å². The number of hydrogen-bond donors (Lipinski definition) is 2. The Labute approximate surface area is 186 Å². The van der Waals surface area contributed by atoms with Crippen molar-refractivity contribution in [3.63, 3.8) is 0 Å². The van der Waals surface area contributed by atoms with Crippen molar-refractivity contribution in [2.75, 3.05) is 39.2 Å². The molecule has 2 N–H and O–H groups in total. The molecule has 30 heavy (non-hydrogen) atoms. The molecule has 0 aliphatic heterocycles. The zero-order valence-corrected chi connectivity index (χ0v) is 18.6. The van der Waals surface area contributed by atoms with Crippen LogP contribution in [0.3, 0.4) is 0 Å². The van der Waals surface area contributed by atoms with E-state index in [9.17, 15) is 9.59 Å². The molecule has 7 nitrogen and oxygen atoms in total. The zero-order chi connectivity index (χ0) is 22.1. The lowest BCUT2D eigenvalue weighted by atomic mass is 10.1. The van der Waals surface area contributed by atoms with Crippen LogP contribution in [0, 0.1) is 0 Å². The molecule has 0 spiro atoms. The first-order chi connectivity index (χ1) is 14.4. The standard InChI is InChI=1S/C21H25Cl2N3O4/c1-4-26(13-19(27)25-20-16(22)6-5-7-17(20)23)21(28)24-11-10-14-8-9-15(29-2)12-18(14)30-3/h5-9,12H,4,10-11,13H2,1-3H3,(H,24,28)(H,25,27). The Morgan fingerprint density at radius 2 is 1.77 bits per heavy atom. The van der Waals surface area contributed by atoms with E-state index in [1.807, 2.05) is 12.1 Å². The van der Waals surface area contributed by atoms with Gasteiger partial charge < -0.3 is 25.0 Å². The summed E-state index contributed by atoms with van der Waals surface area (Å²) < 4.78 is 10.5. The first-order valence-electron chi connectivity index (χ1n) is 9.37. The van der Waals surface area contributed by atoms with Crippen LogP contribution in [-0.4, -0.2) is 50.7 Å². The maximum Gasteiger partial charge on any atom is 0.317 e. The van der Waals surface area contributed by atoms with Gasteiger partial charge in [0.05, 0.1) is 30.0 Å². The van der Waals surface area contributed by atoms with Gasteiger partial charge in [-0.1, -0.05) is 35.3 Å². The molecule has 0 fully saturated rings. The summed E-state index contributed by atoms with van der Waals surface area (Å²) in [6.45, 7) is 2.41. The number of carbonyl (C=O) groups excluding carboxylic acids is 2. The number of amides is 3. The molecule has 2 aromatic rings. The summed E-state index contributed by atoms with van der Waals surface area (Å²) in [5.41, 5.74) is 1.27. The third-order valence-corrected chi connectivity index (χ3v) is 5.03. The number of nitrogens with zero attached hydrogens (tertiary/aromatic N) is 1. The Hall–Kier alpha value is -2.64. The van der Waals surface area contributed by atoms with Gasteiger partial charge in [-0.25, -0.2) is 4.79 Å². The topological polar surface area (TPSA) is 79.9 Å². The van der Waals surface area contributed by atoms with E-state index >= 15 is 0 Å². The van der Waals surface area contributed by atoms with E-state index in [0.29, 0.717) is 46.7 Å². The van der Waals surface area contributed by atoms with E-state index in [-0.39, 0.29) is 18.5 Å². The smallest absolute Gasteiger partial charge is 0.317 e. The van der Waals surface area contributed by atoms with Gasteiger partial charge >= 0.3 is 6.03 Å². The summed E-state index contributed by atoms with van der Waals surface area (Å²) in [5, 5.41) is 6.14. The minimum absolute atomic E-state index is 0.129. The van der Waals surface area contributed by atoms with Crippen molar-refractivity contribution in [1.29, 1.82) is 0 Å². The summed E-state index contributed by atoms with van der Waals surface area (Å²) in [6.07, 6.45) is 0.567. The third-order valence-electron chi connectivity index (χ3n) is 4.40. The largest absolute Gasteiger partial charge is 0.497 e. The van der Waals surface area contributed by atoms with Crippen LogP contribution in [0.5, 0.6) is 11.5 Å². The highest BCUT2D eigenvalue weighted by Gasteiger charge is 2.17. The lowest BCUT2D eigenvalue weighted by Crippen LogP contribution is -2.44. The highest BCUT2D eigenvalue weighted by molar-refractivity contribution is 6.39. The minimum Gasteiger partial charge on any atom is -0.497 e. The second-order valence-electron chi connectivity index (χ2n) is 6.32. The van der Waals surface area contributed by atoms with E-state index in [4.69, 9.17) is 32.7 Å². The lowest BCUT2D eigenvalue weighted by molar-refractivity contribution is -0.116. The summed E-state index contributed by atoms with van der Waals surface area (Å²) in [4.78, 5) is 26.2. The van der Waals surface area contributed by atoms with Crippen molar-refractivity contribution in [2.45, 2.75) is 13.3 Å². The Bertz CT molecular complexity index is 872. The number of rotatable bonds is 9. The molecule has 0 aliphatic carbocycles. The number of hydrogen-bond acceptors (Lipinski definition) is 4. The Morgan fingerprint density at radius 3 is 2.37 bits per heavy atom. The predicted molar refractivity (Wildman–Crippen MR) is 119 cm³/mol. The van der Waals surface area contributed by atoms with Crippen LogP contribution in [-0.2, 0) is 11.2 Å². The van der Waals surface area contributed by atoms with E-state index < -0.39 is 0 Å². The van der Waals surface area contributed by atoms with Crippen LogP contribution in [0.2, 0.25) is 10.0 Å². The second-order valence-corrected chi connectivity index (χ2v) is 7.13. The first kappa shape index (κ1) is 23.6. The van der Waals surface area contributed by atoms with Gasteiger partial charge in [0.15, 0.2) is 0 Å². The van der Waals surface area contributed by atoms with Crippen molar-refractivity contribution in [3.05, 3.63) is 52.0 Å². The van der Waals surface area contributed by atoms with E-state index in [1.54, 1.807) is 45.4 Å². The van der Waals surface area contributed by atoms with Gasteiger partial charge in [-0.15, -0.1) is 0 Å². The maximum absolute atomic E-state index is 12.5. The van der Waals surface area contributed by atoms with Crippen molar-refractivity contribution >= 4 is 40.8 Å². The van der Waals surface area contributed by atoms with E-state index in [2.05, 4.69) is 10.6 Å². The second kappa shape index (κ2) is 11.5. The summed E-state index contributed by atoms with van der Waals surface area (Å²) in [6, 6.07) is 10.1. The number of ether oxygens (including phenoxy) is 2. The van der Waals surface area contributed by atoms with Crippen LogP contribution in [0.15, 0.2) is 36.4 Å². The fourth-order valence-electron chi connectivity index (χ4n) is 2.77. The average Bonchev–Trinajstić information content (AvgIpc) is 2.74. The van der Waals surface area contributed by atoms with Crippen LogP contribution in [0.25, 0.3) is 0 Å². The molecule has 0 aliphatic rings. The quantitative estimate of drug-likeness (QED) is 0.595. The average molecular weight is 454 g/mol. The maximum atomic E-state index is 12.5. The summed E-state index contributed by atoms with van der Waals surface area (Å²) >= 11 is 12.1. The molecule has 0 radical (unpaired) electrons. The predicted octanol–water partition coefficient (Wildman–Crippen LogP) is 4.22. The molecule has 2 rings (SSSR count). The Morgan fingerprint density at radius 1 is 1.07 bits per heavy atom. The van der Waals surface area contributed by atoms with Crippen LogP contribution in [0.1, 0.15) is 12.5 Å². The molecule has 0 atom stereocenters. The van der Waals surface area contributed by atoms with Gasteiger partial charge in [0.2, 0.25) is 5.91 Å². The molecule has 162 valence electrons. The zero-order valence-electron chi connectivity index (χ0n) is 17.1. The summed E-state index contributed by atoms with van der Waals surface area (Å²) in [7, 11) is 3.17. The number of para-hydroxylation sites is 1. The van der Waals surface area contributed by atoms with Crippen LogP contribution < -0.4 is 20.1 Å². The highest BCUT2D eigenvalue weighted by Crippen LogP contribution is 2.29. The molecule has 2 aromatic carbocycles. The molecule has 0 saturated carbocycles. The van der Waals surface area contributed by atoms with Crippen LogP contribution in [0.4, 0.5) is 10.5 Å². The number of halogens is 2. The Balaban J connectivity index is 1.90. The van der Waals surface area contributed by atoms with E-state index in [0.717, 1.165) is 5.56 Å². The van der Waals surface area contributed by atoms with E-state index in [1.165, 1.54) is 4.90 Å². The molecule has 0 saturated heterocycles. The Kier molecular flexibility index (Phi) is 9.08. The molecule has 9 heteroatoms. The molecule has 3 amide bonds. The first-order valence-corrected chi connectivity index (χ1v) is 10.1.